The van der Waals surface area contributed by atoms with Crippen molar-refractivity contribution < 1.29 is 9.59 Å². The number of nitrogens with one attached hydrogen (secondary N) is 1. The summed E-state index contributed by atoms with van der Waals surface area (Å²) in [6.45, 7) is 1.00. The quantitative estimate of drug-likeness (QED) is 0.875. The van der Waals surface area contributed by atoms with Gasteiger partial charge in [-0.1, -0.05) is 17.7 Å². The van der Waals surface area contributed by atoms with Gasteiger partial charge in [-0.15, -0.1) is 0 Å². The molecule has 6 heteroatoms. The molecule has 3 N–H and O–H groups in total. The molecule has 112 valence electrons. The van der Waals surface area contributed by atoms with Gasteiger partial charge in [0.1, 0.15) is 0 Å². The Morgan fingerprint density at radius 2 is 2.14 bits per heavy atom. The first kappa shape index (κ1) is 14.2. The van der Waals surface area contributed by atoms with Crippen LogP contribution >= 0.6 is 11.6 Å². The summed E-state index contributed by atoms with van der Waals surface area (Å²) in [5.74, 6) is -0.545. The van der Waals surface area contributed by atoms with Gasteiger partial charge in [-0.3, -0.25) is 4.79 Å². The summed E-state index contributed by atoms with van der Waals surface area (Å²) in [5, 5.41) is 3.77. The highest BCUT2D eigenvalue weighted by atomic mass is 35.5. The maximum atomic E-state index is 12.3. The second kappa shape index (κ2) is 5.56. The van der Waals surface area contributed by atoms with Crippen molar-refractivity contribution in [1.82, 2.24) is 10.2 Å². The number of urea groups is 1. The summed E-state index contributed by atoms with van der Waals surface area (Å²) >= 11 is 5.99. The van der Waals surface area contributed by atoms with Gasteiger partial charge in [-0.05, 0) is 42.5 Å². The Hall–Kier alpha value is -1.75. The summed E-state index contributed by atoms with van der Waals surface area (Å²) in [6.07, 6.45) is 2.46. The van der Waals surface area contributed by atoms with E-state index in [2.05, 4.69) is 5.32 Å². The molecule has 1 aliphatic heterocycles. The summed E-state index contributed by atoms with van der Waals surface area (Å²) < 4.78 is 0. The summed E-state index contributed by atoms with van der Waals surface area (Å²) in [5.41, 5.74) is 7.63. The summed E-state index contributed by atoms with van der Waals surface area (Å²) in [6, 6.07) is 5.70. The van der Waals surface area contributed by atoms with Crippen LogP contribution in [0.4, 0.5) is 4.79 Å². The van der Waals surface area contributed by atoms with Gasteiger partial charge in [-0.2, -0.15) is 0 Å². The van der Waals surface area contributed by atoms with E-state index in [1.165, 1.54) is 5.56 Å². The topological polar surface area (TPSA) is 75.4 Å². The minimum absolute atomic E-state index is 0.0254. The van der Waals surface area contributed by atoms with Crippen molar-refractivity contribution in [2.45, 2.75) is 25.3 Å². The van der Waals surface area contributed by atoms with Crippen molar-refractivity contribution in [2.24, 2.45) is 11.7 Å². The molecule has 1 aromatic rings. The molecule has 0 spiro atoms. The van der Waals surface area contributed by atoms with Gasteiger partial charge in [0.05, 0.1) is 12.0 Å². The molecule has 21 heavy (non-hydrogen) atoms. The Labute approximate surface area is 128 Å². The lowest BCUT2D eigenvalue weighted by atomic mass is 10.1. The number of fused-ring (bicyclic) bond motifs is 1. The van der Waals surface area contributed by atoms with Crippen LogP contribution < -0.4 is 11.1 Å². The normalized spacial score (nSPS) is 24.0. The maximum absolute atomic E-state index is 12.3. The third-order valence-corrected chi connectivity index (χ3v) is 4.59. The minimum atomic E-state index is -0.328. The fourth-order valence-electron chi connectivity index (χ4n) is 3.15. The number of hydrogen-bond donors (Lipinski definition) is 2. The van der Waals surface area contributed by atoms with Crippen LogP contribution in [0.2, 0.25) is 5.02 Å². The standard InChI is InChI=1S/C15H18ClN3O2/c16-11-2-3-12-9(7-11)1-4-13(12)18-15(21)19-6-5-10(8-19)14(17)20/h2-3,7,10,13H,1,4-6,8H2,(H2,17,20)(H,18,21). The molecule has 2 atom stereocenters. The molecule has 1 fully saturated rings. The second-order valence-corrected chi connectivity index (χ2v) is 6.15. The van der Waals surface area contributed by atoms with Crippen molar-refractivity contribution in [2.75, 3.05) is 13.1 Å². The van der Waals surface area contributed by atoms with Crippen LogP contribution in [0, 0.1) is 5.92 Å². The van der Waals surface area contributed by atoms with E-state index in [4.69, 9.17) is 17.3 Å². The highest BCUT2D eigenvalue weighted by molar-refractivity contribution is 6.30. The molecule has 0 radical (unpaired) electrons. The molecule has 3 amide bonds. The number of nitrogens with zero attached hydrogens (tertiary/aromatic N) is 1. The van der Waals surface area contributed by atoms with Crippen LogP contribution in [0.1, 0.15) is 30.0 Å². The molecule has 5 nitrogen and oxygen atoms in total. The Kier molecular flexibility index (Phi) is 3.76. The zero-order valence-corrected chi connectivity index (χ0v) is 12.4. The smallest absolute Gasteiger partial charge is 0.317 e. The van der Waals surface area contributed by atoms with Crippen LogP contribution in [-0.4, -0.2) is 29.9 Å². The predicted octanol–water partition coefficient (Wildman–Crippen LogP) is 1.84. The molecule has 1 aliphatic carbocycles. The maximum Gasteiger partial charge on any atom is 0.317 e. The van der Waals surface area contributed by atoms with Crippen LogP contribution in [-0.2, 0) is 11.2 Å². The highest BCUT2D eigenvalue weighted by Gasteiger charge is 2.32. The number of hydrogen-bond acceptors (Lipinski definition) is 2. The lowest BCUT2D eigenvalue weighted by molar-refractivity contribution is -0.121. The van der Waals surface area contributed by atoms with Crippen LogP contribution in [0.3, 0.4) is 0 Å². The number of halogens is 1. The summed E-state index contributed by atoms with van der Waals surface area (Å²) in [7, 11) is 0. The molecular weight excluding hydrogens is 290 g/mol. The SMILES string of the molecule is NC(=O)C1CCN(C(=O)NC2CCc3cc(Cl)ccc32)C1. The zero-order valence-electron chi connectivity index (χ0n) is 11.6. The van der Waals surface area contributed by atoms with Gasteiger partial charge in [0, 0.05) is 18.1 Å². The van der Waals surface area contributed by atoms with Gasteiger partial charge in [0.2, 0.25) is 5.91 Å². The fourth-order valence-corrected chi connectivity index (χ4v) is 3.35. The molecular formula is C15H18ClN3O2. The molecule has 0 saturated carbocycles. The first-order valence-electron chi connectivity index (χ1n) is 7.17. The number of likely N-dealkylation sites (tertiary alicyclic amines) is 1. The Morgan fingerprint density at radius 1 is 1.33 bits per heavy atom. The summed E-state index contributed by atoms with van der Waals surface area (Å²) in [4.78, 5) is 25.1. The average molecular weight is 308 g/mol. The van der Waals surface area contributed by atoms with Gasteiger partial charge < -0.3 is 16.0 Å². The van der Waals surface area contributed by atoms with E-state index in [-0.39, 0.29) is 23.9 Å². The largest absolute Gasteiger partial charge is 0.369 e. The van der Waals surface area contributed by atoms with E-state index < -0.39 is 0 Å². The minimum Gasteiger partial charge on any atom is -0.369 e. The van der Waals surface area contributed by atoms with E-state index in [0.29, 0.717) is 19.5 Å². The monoisotopic (exact) mass is 307 g/mol. The number of carbonyl (C=O) groups is 2. The molecule has 0 aromatic heterocycles. The number of primary amides is 1. The Morgan fingerprint density at radius 3 is 2.86 bits per heavy atom. The molecule has 2 unspecified atom stereocenters. The molecule has 1 saturated heterocycles. The van der Waals surface area contributed by atoms with Crippen molar-refractivity contribution in [3.05, 3.63) is 34.3 Å². The molecule has 3 rings (SSSR count). The van der Waals surface area contributed by atoms with Crippen LogP contribution in [0.5, 0.6) is 0 Å². The van der Waals surface area contributed by atoms with E-state index in [1.807, 2.05) is 18.2 Å². The van der Waals surface area contributed by atoms with Gasteiger partial charge in [0.15, 0.2) is 0 Å². The fraction of sp³-hybridized carbons (Fsp3) is 0.467. The first-order valence-corrected chi connectivity index (χ1v) is 7.55. The number of carbonyl (C=O) groups excluding carboxylic acids is 2. The number of nitrogens with two attached hydrogens (primary N) is 1. The van der Waals surface area contributed by atoms with E-state index >= 15 is 0 Å². The van der Waals surface area contributed by atoms with Crippen molar-refractivity contribution in [3.8, 4) is 0 Å². The van der Waals surface area contributed by atoms with E-state index in [9.17, 15) is 9.59 Å². The second-order valence-electron chi connectivity index (χ2n) is 5.72. The Bertz CT molecular complexity index is 590. The first-order chi connectivity index (χ1) is 10.0. The van der Waals surface area contributed by atoms with Crippen molar-refractivity contribution in [3.63, 3.8) is 0 Å². The molecule has 0 bridgehead atoms. The third kappa shape index (κ3) is 2.83. The van der Waals surface area contributed by atoms with Gasteiger partial charge >= 0.3 is 6.03 Å². The molecule has 2 aliphatic rings. The van der Waals surface area contributed by atoms with Gasteiger partial charge in [0.25, 0.3) is 0 Å². The number of amides is 3. The average Bonchev–Trinajstić information content (AvgIpc) is 3.06. The third-order valence-electron chi connectivity index (χ3n) is 4.36. The molecule has 1 aromatic carbocycles. The number of rotatable bonds is 2. The lowest BCUT2D eigenvalue weighted by Gasteiger charge is -2.21. The van der Waals surface area contributed by atoms with E-state index in [0.717, 1.165) is 23.4 Å². The number of aryl methyl sites for hydroxylation is 1. The van der Waals surface area contributed by atoms with Crippen LogP contribution in [0.25, 0.3) is 0 Å². The Balaban J connectivity index is 1.64. The number of benzene rings is 1. The predicted molar refractivity (Wildman–Crippen MR) is 79.9 cm³/mol. The molecule has 1 heterocycles. The van der Waals surface area contributed by atoms with Gasteiger partial charge in [-0.25, -0.2) is 4.79 Å². The van der Waals surface area contributed by atoms with Crippen LogP contribution in [0.15, 0.2) is 18.2 Å². The van der Waals surface area contributed by atoms with Crippen molar-refractivity contribution >= 4 is 23.5 Å². The van der Waals surface area contributed by atoms with E-state index in [1.54, 1.807) is 4.90 Å². The van der Waals surface area contributed by atoms with Crippen molar-refractivity contribution in [1.29, 1.82) is 0 Å². The highest BCUT2D eigenvalue weighted by Crippen LogP contribution is 2.33. The lowest BCUT2D eigenvalue weighted by Crippen LogP contribution is -2.40. The zero-order chi connectivity index (χ0) is 15.0.